The molecule has 0 aromatic carbocycles. The lowest BCUT2D eigenvalue weighted by Gasteiger charge is -2.34. The molecule has 0 aromatic heterocycles. The van der Waals surface area contributed by atoms with Crippen LogP contribution in [-0.2, 0) is 28.7 Å². The van der Waals surface area contributed by atoms with Gasteiger partial charge >= 0.3 is 0 Å². The van der Waals surface area contributed by atoms with E-state index in [0.717, 1.165) is 0 Å². The first kappa shape index (κ1) is 34.5. The second kappa shape index (κ2) is 14.7. The van der Waals surface area contributed by atoms with E-state index in [0.29, 0.717) is 19.3 Å². The molecule has 1 aliphatic heterocycles. The van der Waals surface area contributed by atoms with Gasteiger partial charge in [0.05, 0.1) is 18.8 Å². The van der Waals surface area contributed by atoms with Gasteiger partial charge in [-0.3, -0.25) is 24.0 Å². The monoisotopic (exact) mass is 554 g/mol. The summed E-state index contributed by atoms with van der Waals surface area (Å²) in [5, 5.41) is 18.5. The van der Waals surface area contributed by atoms with Crippen LogP contribution >= 0.6 is 0 Å². The number of ketones is 1. The van der Waals surface area contributed by atoms with Gasteiger partial charge in [0.15, 0.2) is 5.78 Å². The molecule has 1 aliphatic rings. The van der Waals surface area contributed by atoms with E-state index in [2.05, 4.69) is 16.0 Å². The molecule has 11 nitrogen and oxygen atoms in total. The molecular weight excluding hydrogens is 504 g/mol. The van der Waals surface area contributed by atoms with E-state index in [-0.39, 0.29) is 36.1 Å². The SMILES string of the molecule is CC[C@@H](C)[C@@H](NC(=O)[C@H]([C@@H](C)CC)N(C)C(C)=O)C(=O)N[C@H](C(=O)N[C@@H](CC(C)C)C(=O)[C@@]1(C)CO1)[C@@H](C)O. The first-order chi connectivity index (χ1) is 18.0. The van der Waals surface area contributed by atoms with Crippen LogP contribution in [-0.4, -0.2) is 88.9 Å². The lowest BCUT2D eigenvalue weighted by Crippen LogP contribution is -2.62. The van der Waals surface area contributed by atoms with Crippen LogP contribution in [0.15, 0.2) is 0 Å². The number of nitrogens with zero attached hydrogens (tertiary/aromatic N) is 1. The maximum absolute atomic E-state index is 13.4. The second-order valence-corrected chi connectivity index (χ2v) is 11.6. The second-order valence-electron chi connectivity index (χ2n) is 11.6. The number of nitrogens with one attached hydrogen (secondary N) is 3. The van der Waals surface area contributed by atoms with Gasteiger partial charge < -0.3 is 30.7 Å². The van der Waals surface area contributed by atoms with Crippen molar-refractivity contribution in [1.29, 1.82) is 0 Å². The molecule has 224 valence electrons. The Hall–Kier alpha value is -2.53. The van der Waals surface area contributed by atoms with Gasteiger partial charge in [-0.25, -0.2) is 0 Å². The Morgan fingerprint density at radius 3 is 1.77 bits per heavy atom. The zero-order valence-electron chi connectivity index (χ0n) is 25.3. The molecule has 0 bridgehead atoms. The van der Waals surface area contributed by atoms with Gasteiger partial charge in [-0.15, -0.1) is 0 Å². The van der Waals surface area contributed by atoms with Crippen LogP contribution in [0.2, 0.25) is 0 Å². The number of hydrogen-bond acceptors (Lipinski definition) is 7. The number of carbonyl (C=O) groups is 5. The fourth-order valence-corrected chi connectivity index (χ4v) is 4.41. The molecule has 8 atom stereocenters. The molecule has 1 saturated heterocycles. The third-order valence-corrected chi connectivity index (χ3v) is 7.66. The molecule has 0 aliphatic carbocycles. The van der Waals surface area contributed by atoms with Crippen molar-refractivity contribution in [3.8, 4) is 0 Å². The molecule has 1 fully saturated rings. The molecular formula is C28H50N4O7. The molecule has 0 saturated carbocycles. The van der Waals surface area contributed by atoms with Crippen LogP contribution in [0.5, 0.6) is 0 Å². The highest BCUT2D eigenvalue weighted by Gasteiger charge is 2.50. The summed E-state index contributed by atoms with van der Waals surface area (Å²) < 4.78 is 5.27. The highest BCUT2D eigenvalue weighted by Crippen LogP contribution is 2.29. The van der Waals surface area contributed by atoms with Crippen molar-refractivity contribution in [3.05, 3.63) is 0 Å². The quantitative estimate of drug-likeness (QED) is 0.209. The fraction of sp³-hybridized carbons (Fsp3) is 0.821. The van der Waals surface area contributed by atoms with Crippen molar-refractivity contribution in [2.45, 2.75) is 117 Å². The van der Waals surface area contributed by atoms with Crippen molar-refractivity contribution in [2.75, 3.05) is 13.7 Å². The summed E-state index contributed by atoms with van der Waals surface area (Å²) in [4.78, 5) is 66.4. The minimum atomic E-state index is -1.36. The topological polar surface area (TPSA) is 157 Å². The van der Waals surface area contributed by atoms with Crippen molar-refractivity contribution >= 4 is 29.4 Å². The fourth-order valence-electron chi connectivity index (χ4n) is 4.41. The number of hydrogen-bond donors (Lipinski definition) is 4. The molecule has 1 rings (SSSR count). The Balaban J connectivity index is 3.15. The number of Topliss-reactive ketones (excluding diaryl/α,β-unsaturated/α-hetero) is 1. The number of aliphatic hydroxyl groups is 1. The van der Waals surface area contributed by atoms with E-state index < -0.39 is 53.6 Å². The number of rotatable bonds is 16. The van der Waals surface area contributed by atoms with E-state index in [1.165, 1.54) is 18.7 Å². The van der Waals surface area contributed by atoms with Crippen LogP contribution in [0.25, 0.3) is 0 Å². The predicted octanol–water partition coefficient (Wildman–Crippen LogP) is 1.16. The predicted molar refractivity (Wildman–Crippen MR) is 147 cm³/mol. The van der Waals surface area contributed by atoms with Crippen LogP contribution in [0.4, 0.5) is 0 Å². The van der Waals surface area contributed by atoms with E-state index >= 15 is 0 Å². The minimum absolute atomic E-state index is 0.0952. The molecule has 0 spiro atoms. The van der Waals surface area contributed by atoms with Gasteiger partial charge in [0.25, 0.3) is 0 Å². The summed E-state index contributed by atoms with van der Waals surface area (Å²) in [5.74, 6) is -2.73. The lowest BCUT2D eigenvalue weighted by atomic mass is 9.92. The Bertz CT molecular complexity index is 887. The van der Waals surface area contributed by atoms with Gasteiger partial charge in [0, 0.05) is 14.0 Å². The number of likely N-dealkylation sites (N-methyl/N-ethyl adjacent to an activating group) is 1. The van der Waals surface area contributed by atoms with Gasteiger partial charge in [0.2, 0.25) is 23.6 Å². The summed E-state index contributed by atoms with van der Waals surface area (Å²) in [5.41, 5.74) is -0.943. The van der Waals surface area contributed by atoms with Crippen molar-refractivity contribution < 1.29 is 33.8 Å². The maximum atomic E-state index is 13.4. The molecule has 11 heteroatoms. The van der Waals surface area contributed by atoms with Crippen molar-refractivity contribution in [3.63, 3.8) is 0 Å². The maximum Gasteiger partial charge on any atom is 0.245 e. The van der Waals surface area contributed by atoms with Gasteiger partial charge in [-0.05, 0) is 38.0 Å². The van der Waals surface area contributed by atoms with Crippen molar-refractivity contribution in [2.24, 2.45) is 17.8 Å². The minimum Gasteiger partial charge on any atom is -0.391 e. The first-order valence-electron chi connectivity index (χ1n) is 14.0. The smallest absolute Gasteiger partial charge is 0.245 e. The van der Waals surface area contributed by atoms with E-state index in [1.807, 2.05) is 34.6 Å². The Kier molecular flexibility index (Phi) is 13.0. The van der Waals surface area contributed by atoms with Gasteiger partial charge in [-0.2, -0.15) is 0 Å². The molecule has 0 radical (unpaired) electrons. The highest BCUT2D eigenvalue weighted by atomic mass is 16.6. The molecule has 1 heterocycles. The zero-order valence-corrected chi connectivity index (χ0v) is 25.3. The normalized spacial score (nSPS) is 21.9. The number of ether oxygens (including phenoxy) is 1. The Morgan fingerprint density at radius 1 is 0.872 bits per heavy atom. The van der Waals surface area contributed by atoms with Gasteiger partial charge in [0.1, 0.15) is 23.7 Å². The summed E-state index contributed by atoms with van der Waals surface area (Å²) in [7, 11) is 1.55. The number of amides is 4. The standard InChI is InChI=1S/C28H50N4O7/c1-11-16(5)21(30-27(38)23(17(6)12-2)32(10)19(8)34)25(36)31-22(18(7)33)26(37)29-20(13-15(3)4)24(35)28(9)14-39-28/h15-18,20-23,33H,11-14H2,1-10H3,(H,29,37)(H,30,38)(H,31,36)/t16-,17+,18-,20+,21-,22+,23+,28-/m1/s1. The van der Waals surface area contributed by atoms with Crippen LogP contribution in [0.3, 0.4) is 0 Å². The molecule has 39 heavy (non-hydrogen) atoms. The average molecular weight is 555 g/mol. The van der Waals surface area contributed by atoms with E-state index in [9.17, 15) is 29.1 Å². The van der Waals surface area contributed by atoms with Gasteiger partial charge in [-0.1, -0.05) is 54.4 Å². The summed E-state index contributed by atoms with van der Waals surface area (Å²) in [6.07, 6.45) is 0.280. The lowest BCUT2D eigenvalue weighted by molar-refractivity contribution is -0.141. The van der Waals surface area contributed by atoms with Crippen molar-refractivity contribution in [1.82, 2.24) is 20.9 Å². The molecule has 4 N–H and O–H groups in total. The zero-order chi connectivity index (χ0) is 30.2. The van der Waals surface area contributed by atoms with E-state index in [1.54, 1.807) is 20.9 Å². The largest absolute Gasteiger partial charge is 0.391 e. The average Bonchev–Trinajstić information content (AvgIpc) is 3.61. The summed E-state index contributed by atoms with van der Waals surface area (Å²) in [6.45, 7) is 16.0. The summed E-state index contributed by atoms with van der Waals surface area (Å²) in [6, 6.07) is -4.00. The van der Waals surface area contributed by atoms with Crippen LogP contribution in [0.1, 0.15) is 81.6 Å². The van der Waals surface area contributed by atoms with Crippen LogP contribution < -0.4 is 16.0 Å². The molecule has 0 aromatic rings. The third-order valence-electron chi connectivity index (χ3n) is 7.66. The first-order valence-corrected chi connectivity index (χ1v) is 14.0. The number of carbonyl (C=O) groups excluding carboxylic acids is 5. The number of aliphatic hydroxyl groups excluding tert-OH is 1. The van der Waals surface area contributed by atoms with E-state index in [4.69, 9.17) is 4.74 Å². The number of epoxide rings is 1. The highest BCUT2D eigenvalue weighted by molar-refractivity contribution is 5.99. The Labute approximate surface area is 233 Å². The molecule has 0 unspecified atom stereocenters. The summed E-state index contributed by atoms with van der Waals surface area (Å²) >= 11 is 0. The molecule has 4 amide bonds. The third kappa shape index (κ3) is 9.56. The Morgan fingerprint density at radius 2 is 1.36 bits per heavy atom. The van der Waals surface area contributed by atoms with Crippen LogP contribution in [0, 0.1) is 17.8 Å².